The predicted octanol–water partition coefficient (Wildman–Crippen LogP) is 0.620. The molecule has 0 bridgehead atoms. The third kappa shape index (κ3) is 2.06. The fourth-order valence-corrected chi connectivity index (χ4v) is 3.01. The van der Waals surface area contributed by atoms with E-state index in [1.165, 1.54) is 0 Å². The Morgan fingerprint density at radius 3 is 2.92 bits per heavy atom. The van der Waals surface area contributed by atoms with Crippen LogP contribution in [0.1, 0.15) is 19.3 Å². The summed E-state index contributed by atoms with van der Waals surface area (Å²) in [4.78, 5) is 4.29. The number of nitrogens with zero attached hydrogens (tertiary/aromatic N) is 1. The lowest BCUT2D eigenvalue weighted by Gasteiger charge is -2.17. The van der Waals surface area contributed by atoms with E-state index in [0.717, 1.165) is 36.6 Å². The Labute approximate surface area is 82.8 Å². The highest BCUT2D eigenvalue weighted by molar-refractivity contribution is 8.14. The molecule has 0 saturated heterocycles. The van der Waals surface area contributed by atoms with Gasteiger partial charge >= 0.3 is 0 Å². The Morgan fingerprint density at radius 2 is 2.38 bits per heavy atom. The molecule has 0 radical (unpaired) electrons. The molecule has 1 aliphatic heterocycles. The van der Waals surface area contributed by atoms with Gasteiger partial charge < -0.3 is 10.8 Å². The highest BCUT2D eigenvalue weighted by Crippen LogP contribution is 2.30. The molecule has 4 heteroatoms. The van der Waals surface area contributed by atoms with Crippen molar-refractivity contribution >= 4 is 16.8 Å². The van der Waals surface area contributed by atoms with Gasteiger partial charge in [-0.1, -0.05) is 0 Å². The average Bonchev–Trinajstić information content (AvgIpc) is 2.72. The largest absolute Gasteiger partial charge is 0.386 e. The monoisotopic (exact) mass is 200 g/mol. The van der Waals surface area contributed by atoms with Crippen molar-refractivity contribution in [2.45, 2.75) is 31.4 Å². The molecule has 13 heavy (non-hydrogen) atoms. The SMILES string of the molecule is NC1CCC(C(O)C2=NCCS2)C1. The second-order valence-electron chi connectivity index (χ2n) is 3.85. The number of rotatable bonds is 2. The average molecular weight is 200 g/mol. The Kier molecular flexibility index (Phi) is 2.91. The smallest absolute Gasteiger partial charge is 0.104 e. The third-order valence-electron chi connectivity index (χ3n) is 2.82. The second kappa shape index (κ2) is 3.98. The molecule has 0 aromatic carbocycles. The quantitative estimate of drug-likeness (QED) is 0.687. The summed E-state index contributed by atoms with van der Waals surface area (Å²) in [5, 5.41) is 10.9. The summed E-state index contributed by atoms with van der Waals surface area (Å²) < 4.78 is 0. The maximum absolute atomic E-state index is 9.96. The van der Waals surface area contributed by atoms with Gasteiger partial charge in [-0.2, -0.15) is 0 Å². The van der Waals surface area contributed by atoms with Crippen LogP contribution in [0, 0.1) is 5.92 Å². The van der Waals surface area contributed by atoms with Gasteiger partial charge in [0.25, 0.3) is 0 Å². The first-order valence-electron chi connectivity index (χ1n) is 4.88. The summed E-state index contributed by atoms with van der Waals surface area (Å²) in [6.07, 6.45) is 2.74. The summed E-state index contributed by atoms with van der Waals surface area (Å²) in [7, 11) is 0. The van der Waals surface area contributed by atoms with Gasteiger partial charge in [0.05, 0.1) is 5.04 Å². The third-order valence-corrected chi connectivity index (χ3v) is 3.88. The van der Waals surface area contributed by atoms with Crippen LogP contribution in [0.5, 0.6) is 0 Å². The zero-order valence-corrected chi connectivity index (χ0v) is 8.46. The van der Waals surface area contributed by atoms with Crippen LogP contribution in [-0.4, -0.2) is 34.6 Å². The van der Waals surface area contributed by atoms with Gasteiger partial charge in [0.1, 0.15) is 6.10 Å². The molecule has 3 atom stereocenters. The van der Waals surface area contributed by atoms with Crippen molar-refractivity contribution in [2.75, 3.05) is 12.3 Å². The molecule has 2 aliphatic rings. The highest BCUT2D eigenvalue weighted by Gasteiger charge is 2.31. The Balaban J connectivity index is 1.92. The Morgan fingerprint density at radius 1 is 1.54 bits per heavy atom. The van der Waals surface area contributed by atoms with Crippen molar-refractivity contribution in [3.05, 3.63) is 0 Å². The minimum atomic E-state index is -0.332. The molecule has 1 fully saturated rings. The predicted molar refractivity (Wildman–Crippen MR) is 56.1 cm³/mol. The normalized spacial score (nSPS) is 36.3. The molecule has 0 aromatic rings. The number of nitrogens with two attached hydrogens (primary N) is 1. The Hall–Kier alpha value is -0.0600. The number of aliphatic hydroxyl groups is 1. The van der Waals surface area contributed by atoms with E-state index in [9.17, 15) is 5.11 Å². The molecule has 1 saturated carbocycles. The Bertz CT molecular complexity index is 220. The fourth-order valence-electron chi connectivity index (χ4n) is 2.07. The molecule has 2 rings (SSSR count). The van der Waals surface area contributed by atoms with E-state index < -0.39 is 0 Å². The van der Waals surface area contributed by atoms with E-state index in [2.05, 4.69) is 4.99 Å². The van der Waals surface area contributed by atoms with E-state index in [0.29, 0.717) is 12.0 Å². The number of aliphatic hydroxyl groups excluding tert-OH is 1. The van der Waals surface area contributed by atoms with Crippen LogP contribution in [0.2, 0.25) is 0 Å². The first kappa shape index (κ1) is 9.49. The van der Waals surface area contributed by atoms with Crippen molar-refractivity contribution in [3.8, 4) is 0 Å². The number of hydrogen-bond acceptors (Lipinski definition) is 4. The molecule has 1 heterocycles. The van der Waals surface area contributed by atoms with E-state index in [1.807, 2.05) is 0 Å². The van der Waals surface area contributed by atoms with Crippen LogP contribution in [0.3, 0.4) is 0 Å². The van der Waals surface area contributed by atoms with Gasteiger partial charge in [-0.25, -0.2) is 0 Å². The summed E-state index contributed by atoms with van der Waals surface area (Å²) in [5.41, 5.74) is 5.80. The van der Waals surface area contributed by atoms with Crippen LogP contribution in [0.25, 0.3) is 0 Å². The highest BCUT2D eigenvalue weighted by atomic mass is 32.2. The first-order valence-corrected chi connectivity index (χ1v) is 5.86. The van der Waals surface area contributed by atoms with E-state index in [-0.39, 0.29) is 6.10 Å². The van der Waals surface area contributed by atoms with Crippen LogP contribution in [-0.2, 0) is 0 Å². The van der Waals surface area contributed by atoms with Crippen molar-refractivity contribution in [1.82, 2.24) is 0 Å². The lowest BCUT2D eigenvalue weighted by Crippen LogP contribution is -2.26. The molecule has 3 N–H and O–H groups in total. The van der Waals surface area contributed by atoms with Crippen molar-refractivity contribution in [3.63, 3.8) is 0 Å². The maximum atomic E-state index is 9.96. The number of aliphatic imine (C=N–C) groups is 1. The summed E-state index contributed by atoms with van der Waals surface area (Å²) in [6, 6.07) is 0.298. The molecule has 1 aliphatic carbocycles. The molecule has 3 unspecified atom stereocenters. The summed E-state index contributed by atoms with van der Waals surface area (Å²) >= 11 is 1.70. The van der Waals surface area contributed by atoms with E-state index in [4.69, 9.17) is 5.73 Å². The molecule has 0 aromatic heterocycles. The van der Waals surface area contributed by atoms with Crippen LogP contribution in [0.4, 0.5) is 0 Å². The lowest BCUT2D eigenvalue weighted by atomic mass is 10.0. The van der Waals surface area contributed by atoms with Crippen molar-refractivity contribution in [1.29, 1.82) is 0 Å². The standard InChI is InChI=1S/C9H16N2OS/c10-7-2-1-6(5-7)8(12)9-11-3-4-13-9/h6-8,12H,1-5,10H2. The fraction of sp³-hybridized carbons (Fsp3) is 0.889. The molecule has 0 amide bonds. The van der Waals surface area contributed by atoms with Crippen LogP contribution >= 0.6 is 11.8 Å². The zero-order valence-electron chi connectivity index (χ0n) is 7.65. The van der Waals surface area contributed by atoms with Crippen molar-refractivity contribution < 1.29 is 5.11 Å². The van der Waals surface area contributed by atoms with Gasteiger partial charge in [-0.15, -0.1) is 11.8 Å². The minimum Gasteiger partial charge on any atom is -0.386 e. The van der Waals surface area contributed by atoms with Gasteiger partial charge in [0.15, 0.2) is 0 Å². The second-order valence-corrected chi connectivity index (χ2v) is 4.96. The van der Waals surface area contributed by atoms with Gasteiger partial charge in [0, 0.05) is 18.3 Å². The van der Waals surface area contributed by atoms with E-state index >= 15 is 0 Å². The number of hydrogen-bond donors (Lipinski definition) is 2. The van der Waals surface area contributed by atoms with Crippen LogP contribution < -0.4 is 5.73 Å². The van der Waals surface area contributed by atoms with Crippen LogP contribution in [0.15, 0.2) is 4.99 Å². The molecular weight excluding hydrogens is 184 g/mol. The number of thioether (sulfide) groups is 1. The van der Waals surface area contributed by atoms with Gasteiger partial charge in [-0.3, -0.25) is 4.99 Å². The summed E-state index contributed by atoms with van der Waals surface area (Å²) in [6.45, 7) is 0.871. The molecule has 0 spiro atoms. The summed E-state index contributed by atoms with van der Waals surface area (Å²) in [5.74, 6) is 1.39. The minimum absolute atomic E-state index is 0.298. The topological polar surface area (TPSA) is 58.6 Å². The zero-order chi connectivity index (χ0) is 9.26. The first-order chi connectivity index (χ1) is 6.27. The van der Waals surface area contributed by atoms with Gasteiger partial charge in [0.2, 0.25) is 0 Å². The molecule has 74 valence electrons. The van der Waals surface area contributed by atoms with E-state index in [1.54, 1.807) is 11.8 Å². The van der Waals surface area contributed by atoms with Crippen molar-refractivity contribution in [2.24, 2.45) is 16.6 Å². The molecule has 3 nitrogen and oxygen atoms in total. The lowest BCUT2D eigenvalue weighted by molar-refractivity contribution is 0.175. The maximum Gasteiger partial charge on any atom is 0.104 e. The van der Waals surface area contributed by atoms with Gasteiger partial charge in [-0.05, 0) is 25.2 Å². The molecular formula is C9H16N2OS.